The standard InChI is InChI=1S/C19H39NO4Si.C18H37NO4Si/c1-17(2,3)24-16(21)20-13-10-19(22-7,11-14-20)12-15-23-25(8,9)18(4,5)6;1-16(2,3)23-15(20)19-12-9-18(21,10-13-19)11-14-22-24(7,8)17(4,5)6/h10-15H2,1-9H3;21H,9-14H2,1-8H3. The SMILES string of the molecule is CC(C)(C)OC(=O)N1CCC(O)(CCO[Si](C)(C)C(C)(C)C)CC1.COC1(CCO[Si](C)(C)C(C)(C)C)CCN(C(=O)OC(C)(C)C)CC1. The Balaban J connectivity index is 0.000000490. The number of methoxy groups -OCH3 is 1. The molecular weight excluding hydrogens is 657 g/mol. The Morgan fingerprint density at radius 2 is 0.939 bits per heavy atom. The van der Waals surface area contributed by atoms with Gasteiger partial charge in [0.25, 0.3) is 0 Å². The minimum atomic E-state index is -1.78. The van der Waals surface area contributed by atoms with Crippen LogP contribution in [0.2, 0.25) is 36.3 Å². The summed E-state index contributed by atoms with van der Waals surface area (Å²) < 4.78 is 29.2. The van der Waals surface area contributed by atoms with Crippen LogP contribution in [0.15, 0.2) is 0 Å². The number of nitrogens with zero attached hydrogens (tertiary/aromatic N) is 2. The van der Waals surface area contributed by atoms with Crippen molar-refractivity contribution in [1.29, 1.82) is 0 Å². The molecule has 0 saturated carbocycles. The van der Waals surface area contributed by atoms with E-state index in [1.54, 1.807) is 16.9 Å². The van der Waals surface area contributed by atoms with Crippen molar-refractivity contribution >= 4 is 28.8 Å². The van der Waals surface area contributed by atoms with Crippen LogP contribution < -0.4 is 0 Å². The molecule has 2 rings (SSSR count). The maximum absolute atomic E-state index is 12.2. The Labute approximate surface area is 302 Å². The molecule has 0 bridgehead atoms. The molecule has 0 aromatic carbocycles. The third kappa shape index (κ3) is 15.5. The average molecular weight is 733 g/mol. The van der Waals surface area contributed by atoms with Crippen LogP contribution in [-0.2, 0) is 23.1 Å². The van der Waals surface area contributed by atoms with E-state index in [9.17, 15) is 14.7 Å². The first-order valence-corrected chi connectivity index (χ1v) is 24.2. The smallest absolute Gasteiger partial charge is 0.410 e. The fourth-order valence-corrected chi connectivity index (χ4v) is 7.17. The summed E-state index contributed by atoms with van der Waals surface area (Å²) in [4.78, 5) is 27.8. The Morgan fingerprint density at radius 3 is 1.24 bits per heavy atom. The molecule has 2 aliphatic rings. The van der Waals surface area contributed by atoms with Crippen LogP contribution in [0, 0.1) is 0 Å². The molecule has 0 unspecified atom stereocenters. The predicted octanol–water partition coefficient (Wildman–Crippen LogP) is 8.97. The van der Waals surface area contributed by atoms with Crippen LogP contribution in [0.4, 0.5) is 9.59 Å². The first-order valence-electron chi connectivity index (χ1n) is 18.4. The van der Waals surface area contributed by atoms with E-state index in [2.05, 4.69) is 67.7 Å². The van der Waals surface area contributed by atoms with Crippen molar-refractivity contribution in [2.75, 3.05) is 46.5 Å². The van der Waals surface area contributed by atoms with Gasteiger partial charge in [0.2, 0.25) is 0 Å². The molecule has 0 aliphatic carbocycles. The lowest BCUT2D eigenvalue weighted by Gasteiger charge is -2.42. The first-order chi connectivity index (χ1) is 21.9. The second-order valence-corrected chi connectivity index (χ2v) is 28.9. The second-order valence-electron chi connectivity index (χ2n) is 19.3. The summed E-state index contributed by atoms with van der Waals surface area (Å²) >= 11 is 0. The number of rotatable bonds is 9. The molecule has 2 saturated heterocycles. The summed E-state index contributed by atoms with van der Waals surface area (Å²) in [5.74, 6) is 0. The van der Waals surface area contributed by atoms with E-state index >= 15 is 0 Å². The molecule has 12 heteroatoms. The lowest BCUT2D eigenvalue weighted by molar-refractivity contribution is -0.0711. The van der Waals surface area contributed by atoms with Crippen molar-refractivity contribution < 1.29 is 37.8 Å². The summed E-state index contributed by atoms with van der Waals surface area (Å²) in [6.07, 6.45) is 3.78. The van der Waals surface area contributed by atoms with Crippen LogP contribution >= 0.6 is 0 Å². The van der Waals surface area contributed by atoms with E-state index in [1.165, 1.54) is 0 Å². The zero-order valence-corrected chi connectivity index (χ0v) is 36.7. The molecule has 2 fully saturated rings. The van der Waals surface area contributed by atoms with Gasteiger partial charge in [-0.15, -0.1) is 0 Å². The summed E-state index contributed by atoms with van der Waals surface area (Å²) in [6.45, 7) is 37.4. The van der Waals surface area contributed by atoms with Crippen molar-refractivity contribution in [3.05, 3.63) is 0 Å². The van der Waals surface area contributed by atoms with Crippen LogP contribution in [0.3, 0.4) is 0 Å². The van der Waals surface area contributed by atoms with Gasteiger partial charge in [0.15, 0.2) is 16.6 Å². The fraction of sp³-hybridized carbons (Fsp3) is 0.946. The third-order valence-corrected chi connectivity index (χ3v) is 19.8. The Morgan fingerprint density at radius 1 is 0.612 bits per heavy atom. The molecule has 290 valence electrons. The van der Waals surface area contributed by atoms with Crippen molar-refractivity contribution in [1.82, 2.24) is 9.80 Å². The quantitative estimate of drug-likeness (QED) is 0.234. The van der Waals surface area contributed by atoms with Crippen molar-refractivity contribution in [2.24, 2.45) is 0 Å². The zero-order chi connectivity index (χ0) is 38.3. The Hall–Kier alpha value is -1.19. The van der Waals surface area contributed by atoms with E-state index in [0.717, 1.165) is 25.9 Å². The Kier molecular flexibility index (Phi) is 16.0. The highest BCUT2D eigenvalue weighted by Gasteiger charge is 2.41. The average Bonchev–Trinajstić information content (AvgIpc) is 2.90. The number of carbonyl (C=O) groups excluding carboxylic acids is 2. The Bertz CT molecular complexity index is 1040. The predicted molar refractivity (Wildman–Crippen MR) is 204 cm³/mol. The highest BCUT2D eigenvalue weighted by atomic mass is 28.4. The molecule has 49 heavy (non-hydrogen) atoms. The molecule has 0 radical (unpaired) electrons. The number of hydrogen-bond acceptors (Lipinski definition) is 8. The molecule has 0 spiro atoms. The van der Waals surface area contributed by atoms with E-state index < -0.39 is 33.4 Å². The largest absolute Gasteiger partial charge is 0.444 e. The highest BCUT2D eigenvalue weighted by molar-refractivity contribution is 6.74. The monoisotopic (exact) mass is 733 g/mol. The van der Waals surface area contributed by atoms with Gasteiger partial charge in [-0.05, 0) is 116 Å². The summed E-state index contributed by atoms with van der Waals surface area (Å²) in [6, 6.07) is 0. The van der Waals surface area contributed by atoms with Gasteiger partial charge in [-0.1, -0.05) is 41.5 Å². The van der Waals surface area contributed by atoms with Gasteiger partial charge in [-0.25, -0.2) is 9.59 Å². The molecule has 1 N–H and O–H groups in total. The number of likely N-dealkylation sites (tertiary alicyclic amines) is 2. The van der Waals surface area contributed by atoms with Crippen LogP contribution in [0.5, 0.6) is 0 Å². The molecule has 2 heterocycles. The number of ether oxygens (including phenoxy) is 3. The number of aliphatic hydroxyl groups is 1. The van der Waals surface area contributed by atoms with Gasteiger partial charge in [-0.3, -0.25) is 0 Å². The first kappa shape index (κ1) is 45.8. The highest BCUT2D eigenvalue weighted by Crippen LogP contribution is 2.39. The van der Waals surface area contributed by atoms with Crippen LogP contribution in [0.1, 0.15) is 122 Å². The molecule has 2 amide bonds. The number of piperidine rings is 2. The van der Waals surface area contributed by atoms with Gasteiger partial charge in [-0.2, -0.15) is 0 Å². The molecule has 0 atom stereocenters. The fourth-order valence-electron chi connectivity index (χ4n) is 5.08. The summed E-state index contributed by atoms with van der Waals surface area (Å²) in [5.41, 5.74) is -1.87. The maximum atomic E-state index is 12.2. The van der Waals surface area contributed by atoms with Gasteiger partial charge in [0.05, 0.1) is 11.2 Å². The normalized spacial score (nSPS) is 19.1. The van der Waals surface area contributed by atoms with E-state index in [0.29, 0.717) is 52.0 Å². The number of hydrogen-bond donors (Lipinski definition) is 1. The zero-order valence-electron chi connectivity index (χ0n) is 34.7. The lowest BCUT2D eigenvalue weighted by Crippen LogP contribution is -2.50. The van der Waals surface area contributed by atoms with Crippen LogP contribution in [0.25, 0.3) is 0 Å². The molecular formula is C37H76N2O8Si2. The summed E-state index contributed by atoms with van der Waals surface area (Å²) in [7, 11) is -1.74. The number of amides is 2. The van der Waals surface area contributed by atoms with Crippen molar-refractivity contribution in [3.8, 4) is 0 Å². The van der Waals surface area contributed by atoms with Crippen molar-refractivity contribution in [3.63, 3.8) is 0 Å². The van der Waals surface area contributed by atoms with Gasteiger partial charge in [0, 0.05) is 46.5 Å². The minimum absolute atomic E-state index is 0.176. The molecule has 0 aromatic heterocycles. The van der Waals surface area contributed by atoms with Gasteiger partial charge >= 0.3 is 12.2 Å². The second kappa shape index (κ2) is 17.1. The van der Waals surface area contributed by atoms with Crippen LogP contribution in [-0.4, -0.2) is 113 Å². The van der Waals surface area contributed by atoms with E-state index in [-0.39, 0.29) is 27.9 Å². The molecule has 2 aliphatic heterocycles. The van der Waals surface area contributed by atoms with Gasteiger partial charge < -0.3 is 38.0 Å². The summed E-state index contributed by atoms with van der Waals surface area (Å²) in [5, 5.41) is 11.2. The maximum Gasteiger partial charge on any atom is 0.410 e. The lowest BCUT2D eigenvalue weighted by atomic mass is 9.88. The molecule has 0 aromatic rings. The topological polar surface area (TPSA) is 107 Å². The number of carbonyl (C=O) groups is 2. The third-order valence-electron chi connectivity index (χ3n) is 10.8. The molecule has 10 nitrogen and oxygen atoms in total. The van der Waals surface area contributed by atoms with Gasteiger partial charge in [0.1, 0.15) is 11.2 Å². The minimum Gasteiger partial charge on any atom is -0.444 e. The van der Waals surface area contributed by atoms with E-state index in [1.807, 2.05) is 41.5 Å². The van der Waals surface area contributed by atoms with Crippen molar-refractivity contribution in [2.45, 2.75) is 180 Å². The van der Waals surface area contributed by atoms with E-state index in [4.69, 9.17) is 23.1 Å².